The first kappa shape index (κ1) is 16.9. The molecular weight excluding hydrogens is 328 g/mol. The second-order valence-corrected chi connectivity index (χ2v) is 7.44. The van der Waals surface area contributed by atoms with Crippen LogP contribution in [0.3, 0.4) is 0 Å². The van der Waals surface area contributed by atoms with Crippen LogP contribution in [0.15, 0.2) is 28.2 Å². The van der Waals surface area contributed by atoms with Crippen LogP contribution >= 0.6 is 0 Å². The number of nitrogens with two attached hydrogens (primary N) is 2. The lowest BCUT2D eigenvalue weighted by Crippen LogP contribution is -2.58. The average Bonchev–Trinajstić information content (AvgIpc) is 3.02. The quantitative estimate of drug-likeness (QED) is 0.850. The molecule has 0 aromatic heterocycles. The van der Waals surface area contributed by atoms with Gasteiger partial charge in [-0.15, -0.1) is 0 Å². The Morgan fingerprint density at radius 2 is 1.88 bits per heavy atom. The number of carbonyl (C=O) groups is 1. The van der Waals surface area contributed by atoms with Gasteiger partial charge in [-0.25, -0.2) is 4.99 Å². The van der Waals surface area contributed by atoms with Crippen molar-refractivity contribution in [2.75, 3.05) is 16.3 Å². The summed E-state index contributed by atoms with van der Waals surface area (Å²) in [5.41, 5.74) is 14.8. The van der Waals surface area contributed by atoms with Crippen LogP contribution in [0.1, 0.15) is 50.5 Å². The Hall–Kier alpha value is -2.57. The molecule has 1 saturated carbocycles. The number of hydrogen-bond donors (Lipinski definition) is 2. The summed E-state index contributed by atoms with van der Waals surface area (Å²) in [6, 6.07) is 6.10. The zero-order valence-corrected chi connectivity index (χ0v) is 15.2. The Balaban J connectivity index is 1.79. The number of amides is 1. The van der Waals surface area contributed by atoms with Crippen LogP contribution in [0.2, 0.25) is 0 Å². The molecule has 1 amide bonds. The van der Waals surface area contributed by atoms with Crippen molar-refractivity contribution in [3.05, 3.63) is 23.8 Å². The fourth-order valence-corrected chi connectivity index (χ4v) is 4.40. The third-order valence-corrected chi connectivity index (χ3v) is 5.67. The third-order valence-electron chi connectivity index (χ3n) is 5.67. The van der Waals surface area contributed by atoms with Crippen LogP contribution in [0.5, 0.6) is 0 Å². The Kier molecular flexibility index (Phi) is 4.09. The number of aryl methyl sites for hydroxylation is 1. The minimum absolute atomic E-state index is 0.176. The largest absolute Gasteiger partial charge is 0.369 e. The van der Waals surface area contributed by atoms with Gasteiger partial charge in [-0.3, -0.25) is 9.69 Å². The predicted octanol–water partition coefficient (Wildman–Crippen LogP) is 2.23. The van der Waals surface area contributed by atoms with Crippen molar-refractivity contribution in [1.82, 2.24) is 0 Å². The molecule has 0 unspecified atom stereocenters. The van der Waals surface area contributed by atoms with Crippen LogP contribution in [0, 0.1) is 6.92 Å². The number of rotatable bonds is 2. The van der Waals surface area contributed by atoms with Crippen LogP contribution < -0.4 is 21.3 Å². The molecule has 2 fully saturated rings. The summed E-state index contributed by atoms with van der Waals surface area (Å²) in [5.74, 6) is 0.811. The topological polar surface area (TPSA) is 100 Å². The molecule has 0 atom stereocenters. The Morgan fingerprint density at radius 3 is 2.58 bits per heavy atom. The highest BCUT2D eigenvalue weighted by Gasteiger charge is 2.43. The van der Waals surface area contributed by atoms with Crippen molar-refractivity contribution in [3.63, 3.8) is 0 Å². The second kappa shape index (κ2) is 6.30. The Labute approximate surface area is 153 Å². The molecule has 0 radical (unpaired) electrons. The first-order valence-corrected chi connectivity index (χ1v) is 9.41. The van der Waals surface area contributed by atoms with Gasteiger partial charge in [0.05, 0.1) is 5.69 Å². The molecule has 0 bridgehead atoms. The third kappa shape index (κ3) is 2.71. The fourth-order valence-electron chi connectivity index (χ4n) is 4.40. The average molecular weight is 354 g/mol. The fraction of sp³-hybridized carbons (Fsp3) is 0.526. The van der Waals surface area contributed by atoms with E-state index in [-0.39, 0.29) is 11.9 Å². The number of carbonyl (C=O) groups excluding carboxylic acids is 1. The van der Waals surface area contributed by atoms with Gasteiger partial charge in [-0.05, 0) is 56.7 Å². The van der Waals surface area contributed by atoms with Gasteiger partial charge < -0.3 is 16.4 Å². The van der Waals surface area contributed by atoms with E-state index in [1.807, 2.05) is 28.0 Å². The SMILES string of the molecule is Cc1ccc(N2CCCC2=O)cc1N1C(N)=NC(N)=NC12CCCCC2. The Bertz CT molecular complexity index is 793. The van der Waals surface area contributed by atoms with Gasteiger partial charge in [-0.2, -0.15) is 4.99 Å². The van der Waals surface area contributed by atoms with Gasteiger partial charge in [0.15, 0.2) is 0 Å². The van der Waals surface area contributed by atoms with Crippen molar-refractivity contribution >= 4 is 29.2 Å². The van der Waals surface area contributed by atoms with Crippen molar-refractivity contribution < 1.29 is 4.79 Å². The summed E-state index contributed by atoms with van der Waals surface area (Å²) in [6.45, 7) is 2.82. The number of nitrogens with zero attached hydrogens (tertiary/aromatic N) is 4. The van der Waals surface area contributed by atoms with E-state index in [0.717, 1.165) is 55.6 Å². The van der Waals surface area contributed by atoms with E-state index >= 15 is 0 Å². The monoisotopic (exact) mass is 354 g/mol. The molecule has 2 aliphatic heterocycles. The van der Waals surface area contributed by atoms with Crippen molar-refractivity contribution in [3.8, 4) is 0 Å². The molecule has 2 heterocycles. The molecule has 4 rings (SSSR count). The first-order chi connectivity index (χ1) is 12.5. The number of aliphatic imine (C=N–C) groups is 2. The summed E-state index contributed by atoms with van der Waals surface area (Å²) < 4.78 is 0. The van der Waals surface area contributed by atoms with Gasteiger partial charge in [0, 0.05) is 18.7 Å². The number of benzene rings is 1. The van der Waals surface area contributed by atoms with E-state index < -0.39 is 5.66 Å². The van der Waals surface area contributed by atoms with E-state index in [1.165, 1.54) is 6.42 Å². The maximum atomic E-state index is 12.2. The van der Waals surface area contributed by atoms with Crippen molar-refractivity contribution in [1.29, 1.82) is 0 Å². The maximum absolute atomic E-state index is 12.2. The van der Waals surface area contributed by atoms with E-state index in [0.29, 0.717) is 12.4 Å². The van der Waals surface area contributed by atoms with Crippen LogP contribution in [-0.2, 0) is 4.79 Å². The predicted molar refractivity (Wildman–Crippen MR) is 104 cm³/mol. The molecule has 7 heteroatoms. The minimum atomic E-state index is -0.466. The highest BCUT2D eigenvalue weighted by atomic mass is 16.2. The van der Waals surface area contributed by atoms with E-state index in [2.05, 4.69) is 11.9 Å². The molecule has 1 saturated heterocycles. The zero-order valence-electron chi connectivity index (χ0n) is 15.2. The van der Waals surface area contributed by atoms with E-state index in [9.17, 15) is 4.79 Å². The molecule has 1 aromatic carbocycles. The normalized spacial score (nSPS) is 22.6. The number of guanidine groups is 2. The lowest BCUT2D eigenvalue weighted by atomic mass is 9.87. The summed E-state index contributed by atoms with van der Waals surface area (Å²) in [5, 5.41) is 0. The summed E-state index contributed by atoms with van der Waals surface area (Å²) in [7, 11) is 0. The molecule has 1 aromatic rings. The Morgan fingerprint density at radius 1 is 1.12 bits per heavy atom. The summed E-state index contributed by atoms with van der Waals surface area (Å²) >= 11 is 0. The molecule has 1 spiro atoms. The molecule has 138 valence electrons. The summed E-state index contributed by atoms with van der Waals surface area (Å²) in [4.78, 5) is 25.0. The minimum Gasteiger partial charge on any atom is -0.369 e. The van der Waals surface area contributed by atoms with Crippen molar-refractivity contribution in [2.24, 2.45) is 21.5 Å². The van der Waals surface area contributed by atoms with Crippen LogP contribution in [-0.4, -0.2) is 30.0 Å². The van der Waals surface area contributed by atoms with Crippen molar-refractivity contribution in [2.45, 2.75) is 57.5 Å². The van der Waals surface area contributed by atoms with E-state index in [1.54, 1.807) is 0 Å². The number of anilines is 2. The molecular formula is C19H26N6O. The lowest BCUT2D eigenvalue weighted by Gasteiger charge is -2.46. The van der Waals surface area contributed by atoms with Gasteiger partial charge in [0.2, 0.25) is 17.8 Å². The summed E-state index contributed by atoms with van der Waals surface area (Å²) in [6.07, 6.45) is 6.69. The molecule has 1 aliphatic carbocycles. The van der Waals surface area contributed by atoms with Gasteiger partial charge >= 0.3 is 0 Å². The highest BCUT2D eigenvalue weighted by molar-refractivity contribution is 6.06. The first-order valence-electron chi connectivity index (χ1n) is 9.41. The highest BCUT2D eigenvalue weighted by Crippen LogP contribution is 2.41. The second-order valence-electron chi connectivity index (χ2n) is 7.44. The van der Waals surface area contributed by atoms with E-state index in [4.69, 9.17) is 16.5 Å². The molecule has 4 N–H and O–H groups in total. The molecule has 3 aliphatic rings. The smallest absolute Gasteiger partial charge is 0.227 e. The molecule has 7 nitrogen and oxygen atoms in total. The zero-order chi connectivity index (χ0) is 18.3. The van der Waals surface area contributed by atoms with Gasteiger partial charge in [0.1, 0.15) is 5.66 Å². The van der Waals surface area contributed by atoms with Crippen LogP contribution in [0.25, 0.3) is 0 Å². The standard InChI is InChI=1S/C19H26N6O/c1-13-7-8-14(24-11-5-6-16(24)26)12-15(13)25-18(21)22-17(20)23-19(25)9-3-2-4-10-19/h7-8,12H,2-6,9-11H2,1H3,(H4,20,21,22,23). The maximum Gasteiger partial charge on any atom is 0.227 e. The van der Waals surface area contributed by atoms with Gasteiger partial charge in [-0.1, -0.05) is 12.5 Å². The van der Waals surface area contributed by atoms with Crippen LogP contribution in [0.4, 0.5) is 11.4 Å². The lowest BCUT2D eigenvalue weighted by molar-refractivity contribution is -0.117. The van der Waals surface area contributed by atoms with Gasteiger partial charge in [0.25, 0.3) is 0 Å². The molecule has 26 heavy (non-hydrogen) atoms. The number of hydrogen-bond acceptors (Lipinski definition) is 6.